The Morgan fingerprint density at radius 1 is 1.17 bits per heavy atom. The molecule has 2 aromatic heterocycles. The first-order valence-electron chi connectivity index (χ1n) is 10.2. The molecule has 0 unspecified atom stereocenters. The number of imidazole rings is 1. The first-order valence-corrected chi connectivity index (χ1v) is 10.2. The van der Waals surface area contributed by atoms with Crippen LogP contribution in [-0.4, -0.2) is 48.8 Å². The lowest BCUT2D eigenvalue weighted by atomic mass is 9.95. The van der Waals surface area contributed by atoms with Crippen LogP contribution in [0.2, 0.25) is 0 Å². The van der Waals surface area contributed by atoms with Gasteiger partial charge in [-0.05, 0) is 32.8 Å². The fraction of sp³-hybridized carbons (Fsp3) is 0.619. The van der Waals surface area contributed by atoms with E-state index in [9.17, 15) is 9.90 Å². The lowest BCUT2D eigenvalue weighted by molar-refractivity contribution is 0.0735. The first-order chi connectivity index (χ1) is 13.8. The van der Waals surface area contributed by atoms with Crippen LogP contribution in [0.5, 0.6) is 0 Å². The Morgan fingerprint density at radius 2 is 1.79 bits per heavy atom. The van der Waals surface area contributed by atoms with Gasteiger partial charge in [0.25, 0.3) is 5.91 Å². The molecular formula is C21H35N5O3. The van der Waals surface area contributed by atoms with E-state index >= 15 is 0 Å². The monoisotopic (exact) mass is 405 g/mol. The second kappa shape index (κ2) is 11.6. The smallest absolute Gasteiger partial charge is 0.270 e. The summed E-state index contributed by atoms with van der Waals surface area (Å²) < 4.78 is 1.78. The highest BCUT2D eigenvalue weighted by Crippen LogP contribution is 2.23. The normalized spacial score (nSPS) is 14.2. The topological polar surface area (TPSA) is 113 Å². The quantitative estimate of drug-likeness (QED) is 0.721. The molecule has 0 aromatic carbocycles. The first kappa shape index (κ1) is 24.7. The van der Waals surface area contributed by atoms with Crippen LogP contribution in [0.4, 0.5) is 0 Å². The van der Waals surface area contributed by atoms with Gasteiger partial charge in [0.05, 0.1) is 18.2 Å². The Labute approximate surface area is 173 Å². The van der Waals surface area contributed by atoms with E-state index in [4.69, 9.17) is 5.11 Å². The van der Waals surface area contributed by atoms with Crippen molar-refractivity contribution in [1.82, 2.24) is 24.8 Å². The van der Waals surface area contributed by atoms with Gasteiger partial charge in [-0.25, -0.2) is 15.0 Å². The van der Waals surface area contributed by atoms with Crippen molar-refractivity contribution >= 4 is 5.91 Å². The summed E-state index contributed by atoms with van der Waals surface area (Å²) in [4.78, 5) is 25.6. The van der Waals surface area contributed by atoms with Crippen LogP contribution in [-0.2, 0) is 12.6 Å². The molecule has 162 valence electrons. The molecule has 0 aliphatic heterocycles. The number of aliphatic hydroxyl groups is 2. The minimum Gasteiger partial charge on any atom is -0.400 e. The average Bonchev–Trinajstić information content (AvgIpc) is 3.17. The summed E-state index contributed by atoms with van der Waals surface area (Å²) in [5, 5.41) is 20.4. The third kappa shape index (κ3) is 6.90. The number of amides is 1. The highest BCUT2D eigenvalue weighted by atomic mass is 16.3. The summed E-state index contributed by atoms with van der Waals surface area (Å²) in [6.07, 6.45) is 8.82. The summed E-state index contributed by atoms with van der Waals surface area (Å²) in [7, 11) is 2.84. The number of nitrogens with zero attached hydrogens (tertiary/aromatic N) is 4. The van der Waals surface area contributed by atoms with Gasteiger partial charge in [0.15, 0.2) is 5.82 Å². The van der Waals surface area contributed by atoms with Gasteiger partial charge < -0.3 is 20.1 Å². The van der Waals surface area contributed by atoms with Gasteiger partial charge in [-0.15, -0.1) is 0 Å². The van der Waals surface area contributed by atoms with Crippen molar-refractivity contribution < 1.29 is 15.0 Å². The number of aromatic nitrogens is 4. The summed E-state index contributed by atoms with van der Waals surface area (Å²) >= 11 is 0. The Morgan fingerprint density at radius 3 is 2.31 bits per heavy atom. The molecule has 0 atom stereocenters. The Kier molecular flexibility index (Phi) is 9.91. The van der Waals surface area contributed by atoms with E-state index in [1.165, 1.54) is 6.42 Å². The molecule has 1 fully saturated rings. The van der Waals surface area contributed by atoms with E-state index in [-0.39, 0.29) is 17.6 Å². The van der Waals surface area contributed by atoms with Crippen molar-refractivity contribution in [3.05, 3.63) is 30.0 Å². The van der Waals surface area contributed by atoms with Crippen molar-refractivity contribution in [2.75, 3.05) is 7.11 Å². The minimum absolute atomic E-state index is 0.196. The lowest BCUT2D eigenvalue weighted by Gasteiger charge is -2.23. The maximum Gasteiger partial charge on any atom is 0.270 e. The Balaban J connectivity index is 0.000000989. The maximum absolute atomic E-state index is 12.7. The zero-order chi connectivity index (χ0) is 22.0. The molecule has 0 saturated heterocycles. The summed E-state index contributed by atoms with van der Waals surface area (Å²) in [6, 6.07) is 1.76. The molecular weight excluding hydrogens is 370 g/mol. The summed E-state index contributed by atoms with van der Waals surface area (Å²) in [5.41, 5.74) is 0.204. The molecule has 8 nitrogen and oxygen atoms in total. The summed E-state index contributed by atoms with van der Waals surface area (Å²) in [6.45, 7) is 7.29. The number of nitrogens with one attached hydrogen (secondary N) is 1. The molecule has 2 aromatic rings. The molecule has 2 heterocycles. The molecule has 0 bridgehead atoms. The predicted octanol–water partition coefficient (Wildman–Crippen LogP) is 2.80. The van der Waals surface area contributed by atoms with E-state index in [1.54, 1.807) is 37.0 Å². The molecule has 8 heteroatoms. The molecule has 1 aliphatic carbocycles. The molecule has 1 aliphatic rings. The number of aliphatic hydroxyl groups excluding tert-OH is 1. The van der Waals surface area contributed by atoms with Gasteiger partial charge >= 0.3 is 0 Å². The van der Waals surface area contributed by atoms with Crippen molar-refractivity contribution in [1.29, 1.82) is 0 Å². The van der Waals surface area contributed by atoms with Crippen molar-refractivity contribution in [3.8, 4) is 11.5 Å². The van der Waals surface area contributed by atoms with Gasteiger partial charge in [-0.3, -0.25) is 4.79 Å². The molecule has 3 rings (SSSR count). The van der Waals surface area contributed by atoms with E-state index in [0.29, 0.717) is 17.2 Å². The van der Waals surface area contributed by atoms with Crippen LogP contribution in [0, 0.1) is 0 Å². The predicted molar refractivity (Wildman–Crippen MR) is 113 cm³/mol. The van der Waals surface area contributed by atoms with E-state index < -0.39 is 5.60 Å². The number of hydrogen-bond acceptors (Lipinski definition) is 6. The van der Waals surface area contributed by atoms with Crippen molar-refractivity contribution in [3.63, 3.8) is 0 Å². The average molecular weight is 406 g/mol. The van der Waals surface area contributed by atoms with Gasteiger partial charge in [-0.1, -0.05) is 33.1 Å². The van der Waals surface area contributed by atoms with Crippen LogP contribution >= 0.6 is 0 Å². The Hall–Kier alpha value is -2.32. The second-order valence-corrected chi connectivity index (χ2v) is 7.22. The number of carbonyl (C=O) groups excluding carboxylic acids is 1. The third-order valence-corrected chi connectivity index (χ3v) is 4.57. The fourth-order valence-electron chi connectivity index (χ4n) is 3.07. The third-order valence-electron chi connectivity index (χ3n) is 4.57. The molecule has 3 N–H and O–H groups in total. The van der Waals surface area contributed by atoms with E-state index in [2.05, 4.69) is 20.3 Å². The number of aryl methyl sites for hydroxylation is 1. The second-order valence-electron chi connectivity index (χ2n) is 7.22. The molecule has 0 spiro atoms. The molecule has 29 heavy (non-hydrogen) atoms. The van der Waals surface area contributed by atoms with Crippen molar-refractivity contribution in [2.45, 2.75) is 71.4 Å². The highest BCUT2D eigenvalue weighted by Gasteiger charge is 2.24. The van der Waals surface area contributed by atoms with Crippen LogP contribution in [0.15, 0.2) is 18.6 Å². The zero-order valence-electron chi connectivity index (χ0n) is 18.4. The fourth-order valence-corrected chi connectivity index (χ4v) is 3.07. The van der Waals surface area contributed by atoms with Crippen LogP contribution in [0.1, 0.15) is 76.0 Å². The lowest BCUT2D eigenvalue weighted by Crippen LogP contribution is -2.37. The number of hydrogen-bond donors (Lipinski definition) is 3. The zero-order valence-corrected chi connectivity index (χ0v) is 18.4. The highest BCUT2D eigenvalue weighted by molar-refractivity contribution is 5.93. The minimum atomic E-state index is -1.17. The van der Waals surface area contributed by atoms with Gasteiger partial charge in [0.2, 0.25) is 0 Å². The maximum atomic E-state index is 12.7. The largest absolute Gasteiger partial charge is 0.400 e. The standard InChI is InChI=1S/C18H25N5O2.C2H6.CH4O/c1-18(2,25)15-9-13(17(24)20-12-7-5-4-6-8-12)21-16(22-15)14-10-19-11-23(14)3;2*1-2/h9-12,25H,4-8H2,1-3H3,(H,20,24);1-2H3;2H,1H3. The Bertz CT molecular complexity index is 762. The van der Waals surface area contributed by atoms with Gasteiger partial charge in [0.1, 0.15) is 17.0 Å². The van der Waals surface area contributed by atoms with Gasteiger partial charge in [-0.2, -0.15) is 0 Å². The van der Waals surface area contributed by atoms with Crippen LogP contribution in [0.25, 0.3) is 11.5 Å². The number of carbonyl (C=O) groups is 1. The molecule has 1 amide bonds. The van der Waals surface area contributed by atoms with E-state index in [0.717, 1.165) is 32.8 Å². The van der Waals surface area contributed by atoms with Crippen molar-refractivity contribution in [2.24, 2.45) is 7.05 Å². The van der Waals surface area contributed by atoms with Crippen LogP contribution < -0.4 is 5.32 Å². The number of rotatable bonds is 4. The summed E-state index contributed by atoms with van der Waals surface area (Å²) in [5.74, 6) is 0.164. The van der Waals surface area contributed by atoms with Crippen LogP contribution in [0.3, 0.4) is 0 Å². The molecule has 1 saturated carbocycles. The molecule has 0 radical (unpaired) electrons. The SMILES string of the molecule is CC.CO.Cn1cncc1-c1nc(C(=O)NC2CCCCC2)cc(C(C)(C)O)n1. The van der Waals surface area contributed by atoms with Gasteiger partial charge in [0, 0.05) is 20.2 Å². The van der Waals surface area contributed by atoms with E-state index in [1.807, 2.05) is 20.9 Å².